The van der Waals surface area contributed by atoms with Crippen molar-refractivity contribution in [3.05, 3.63) is 29.3 Å². The van der Waals surface area contributed by atoms with Crippen molar-refractivity contribution in [3.8, 4) is 5.75 Å². The number of hydrogen-bond acceptors (Lipinski definition) is 2. The summed E-state index contributed by atoms with van der Waals surface area (Å²) >= 11 is 0. The van der Waals surface area contributed by atoms with Crippen molar-refractivity contribution >= 4 is 0 Å². The highest BCUT2D eigenvalue weighted by Crippen LogP contribution is 2.29. The predicted molar refractivity (Wildman–Crippen MR) is 87.5 cm³/mol. The smallest absolute Gasteiger partial charge is 0.122 e. The molecule has 0 aliphatic carbocycles. The Kier molecular flexibility index (Phi) is 7.08. The van der Waals surface area contributed by atoms with Crippen LogP contribution in [0, 0.1) is 5.92 Å². The SMILES string of the molecule is CCCOc1ccc(CC(C)CC(C)N)cc1C(C)C. The maximum atomic E-state index is 5.88. The molecule has 1 rings (SSSR count). The molecule has 2 unspecified atom stereocenters. The second-order valence-corrected chi connectivity index (χ2v) is 6.40. The van der Waals surface area contributed by atoms with Gasteiger partial charge in [-0.05, 0) is 55.2 Å². The molecule has 0 bridgehead atoms. The molecule has 0 aliphatic heterocycles. The summed E-state index contributed by atoms with van der Waals surface area (Å²) in [4.78, 5) is 0. The van der Waals surface area contributed by atoms with Gasteiger partial charge in [0.1, 0.15) is 5.75 Å². The van der Waals surface area contributed by atoms with Crippen LogP contribution in [0.1, 0.15) is 64.5 Å². The monoisotopic (exact) mass is 277 g/mol. The Morgan fingerprint density at radius 2 is 1.85 bits per heavy atom. The van der Waals surface area contributed by atoms with Crippen molar-refractivity contribution < 1.29 is 4.74 Å². The minimum absolute atomic E-state index is 0.279. The molecule has 2 nitrogen and oxygen atoms in total. The van der Waals surface area contributed by atoms with Gasteiger partial charge in [0.15, 0.2) is 0 Å². The molecule has 0 aliphatic rings. The first kappa shape index (κ1) is 17.0. The van der Waals surface area contributed by atoms with Gasteiger partial charge >= 0.3 is 0 Å². The summed E-state index contributed by atoms with van der Waals surface area (Å²) in [5.41, 5.74) is 8.60. The molecule has 1 aromatic carbocycles. The van der Waals surface area contributed by atoms with Gasteiger partial charge in [-0.2, -0.15) is 0 Å². The molecule has 0 saturated carbocycles. The van der Waals surface area contributed by atoms with Gasteiger partial charge in [-0.15, -0.1) is 0 Å². The summed E-state index contributed by atoms with van der Waals surface area (Å²) in [7, 11) is 0. The van der Waals surface area contributed by atoms with Crippen molar-refractivity contribution in [3.63, 3.8) is 0 Å². The first-order valence-electron chi connectivity index (χ1n) is 7.95. The third kappa shape index (κ3) is 5.54. The van der Waals surface area contributed by atoms with Gasteiger partial charge in [0.25, 0.3) is 0 Å². The fraction of sp³-hybridized carbons (Fsp3) is 0.667. The largest absolute Gasteiger partial charge is 0.493 e. The zero-order valence-electron chi connectivity index (χ0n) is 13.8. The summed E-state index contributed by atoms with van der Waals surface area (Å²) in [5.74, 6) is 2.16. The van der Waals surface area contributed by atoms with Gasteiger partial charge in [-0.1, -0.05) is 39.8 Å². The minimum Gasteiger partial charge on any atom is -0.493 e. The maximum absolute atomic E-state index is 5.88. The first-order valence-corrected chi connectivity index (χ1v) is 7.95. The summed E-state index contributed by atoms with van der Waals surface area (Å²) in [6, 6.07) is 6.93. The van der Waals surface area contributed by atoms with E-state index in [4.69, 9.17) is 10.5 Å². The van der Waals surface area contributed by atoms with E-state index in [1.807, 2.05) is 0 Å². The molecule has 0 heterocycles. The van der Waals surface area contributed by atoms with Crippen molar-refractivity contribution in [2.45, 2.75) is 65.8 Å². The lowest BCUT2D eigenvalue weighted by molar-refractivity contribution is 0.313. The quantitative estimate of drug-likeness (QED) is 0.758. The summed E-state index contributed by atoms with van der Waals surface area (Å²) in [6.45, 7) is 11.7. The lowest BCUT2D eigenvalue weighted by atomic mass is 9.92. The van der Waals surface area contributed by atoms with E-state index in [1.165, 1.54) is 11.1 Å². The van der Waals surface area contributed by atoms with Gasteiger partial charge < -0.3 is 10.5 Å². The number of hydrogen-bond donors (Lipinski definition) is 1. The highest BCUT2D eigenvalue weighted by Gasteiger charge is 2.12. The van der Waals surface area contributed by atoms with Crippen LogP contribution < -0.4 is 10.5 Å². The van der Waals surface area contributed by atoms with Crippen LogP contribution in [0.25, 0.3) is 0 Å². The first-order chi connectivity index (χ1) is 9.43. The molecular weight excluding hydrogens is 246 g/mol. The van der Waals surface area contributed by atoms with Crippen LogP contribution in [0.5, 0.6) is 5.75 Å². The van der Waals surface area contributed by atoms with Gasteiger partial charge in [-0.25, -0.2) is 0 Å². The van der Waals surface area contributed by atoms with Crippen molar-refractivity contribution in [1.29, 1.82) is 0 Å². The fourth-order valence-electron chi connectivity index (χ4n) is 2.64. The van der Waals surface area contributed by atoms with E-state index in [0.29, 0.717) is 11.8 Å². The van der Waals surface area contributed by atoms with Gasteiger partial charge in [-0.3, -0.25) is 0 Å². The number of benzene rings is 1. The Bertz CT molecular complexity index is 398. The van der Waals surface area contributed by atoms with Crippen LogP contribution in [0.2, 0.25) is 0 Å². The summed E-state index contributed by atoms with van der Waals surface area (Å²) in [6.07, 6.45) is 3.21. The third-order valence-electron chi connectivity index (χ3n) is 3.52. The van der Waals surface area contributed by atoms with E-state index in [9.17, 15) is 0 Å². The average Bonchev–Trinajstić information content (AvgIpc) is 2.35. The molecule has 1 aromatic rings. The Hall–Kier alpha value is -1.02. The third-order valence-corrected chi connectivity index (χ3v) is 3.52. The molecular formula is C18H31NO. The van der Waals surface area contributed by atoms with Gasteiger partial charge in [0.05, 0.1) is 6.61 Å². The van der Waals surface area contributed by atoms with Gasteiger partial charge in [0.2, 0.25) is 0 Å². The highest BCUT2D eigenvalue weighted by atomic mass is 16.5. The summed E-state index contributed by atoms with van der Waals surface area (Å²) in [5, 5.41) is 0. The molecule has 0 aromatic heterocycles. The molecule has 114 valence electrons. The van der Waals surface area contributed by atoms with Crippen molar-refractivity contribution in [1.82, 2.24) is 0 Å². The molecule has 0 saturated heterocycles. The second kappa shape index (κ2) is 8.31. The van der Waals surface area contributed by atoms with Crippen LogP contribution in [0.4, 0.5) is 0 Å². The molecule has 2 N–H and O–H groups in total. The van der Waals surface area contributed by atoms with E-state index < -0.39 is 0 Å². The second-order valence-electron chi connectivity index (χ2n) is 6.40. The van der Waals surface area contributed by atoms with Crippen molar-refractivity contribution in [2.24, 2.45) is 11.7 Å². The van der Waals surface area contributed by atoms with Crippen LogP contribution >= 0.6 is 0 Å². The lowest BCUT2D eigenvalue weighted by Gasteiger charge is -2.18. The Morgan fingerprint density at radius 1 is 1.15 bits per heavy atom. The Labute approximate surface area is 124 Å². The molecule has 20 heavy (non-hydrogen) atoms. The summed E-state index contributed by atoms with van der Waals surface area (Å²) < 4.78 is 5.85. The molecule has 0 fully saturated rings. The molecule has 0 spiro atoms. The normalized spacial score (nSPS) is 14.3. The van der Waals surface area contributed by atoms with E-state index in [2.05, 4.69) is 52.8 Å². The Morgan fingerprint density at radius 3 is 2.40 bits per heavy atom. The lowest BCUT2D eigenvalue weighted by Crippen LogP contribution is -2.19. The zero-order chi connectivity index (χ0) is 15.1. The van der Waals surface area contributed by atoms with E-state index in [-0.39, 0.29) is 6.04 Å². The fourth-order valence-corrected chi connectivity index (χ4v) is 2.64. The Balaban J connectivity index is 2.81. The highest BCUT2D eigenvalue weighted by molar-refractivity contribution is 5.39. The number of nitrogens with two attached hydrogens (primary N) is 1. The molecule has 0 amide bonds. The number of rotatable bonds is 8. The predicted octanol–water partition coefficient (Wildman–Crippen LogP) is 4.51. The van der Waals surface area contributed by atoms with Crippen LogP contribution in [-0.2, 0) is 6.42 Å². The zero-order valence-corrected chi connectivity index (χ0v) is 13.8. The van der Waals surface area contributed by atoms with Crippen molar-refractivity contribution in [2.75, 3.05) is 6.61 Å². The van der Waals surface area contributed by atoms with E-state index >= 15 is 0 Å². The molecule has 0 radical (unpaired) electrons. The van der Waals surface area contributed by atoms with Gasteiger partial charge in [0, 0.05) is 6.04 Å². The molecule has 2 heteroatoms. The molecule has 2 atom stereocenters. The van der Waals surface area contributed by atoms with E-state index in [0.717, 1.165) is 31.6 Å². The number of ether oxygens (including phenoxy) is 1. The van der Waals surface area contributed by atoms with E-state index in [1.54, 1.807) is 0 Å². The average molecular weight is 277 g/mol. The topological polar surface area (TPSA) is 35.2 Å². The minimum atomic E-state index is 0.279. The maximum Gasteiger partial charge on any atom is 0.122 e. The standard InChI is InChI=1S/C18H31NO/c1-6-9-20-18-8-7-16(12-17(18)13(2)3)11-14(4)10-15(5)19/h7-8,12-15H,6,9-11,19H2,1-5H3. The van der Waals surface area contributed by atoms with Crippen LogP contribution in [-0.4, -0.2) is 12.6 Å². The van der Waals surface area contributed by atoms with Crippen LogP contribution in [0.3, 0.4) is 0 Å². The van der Waals surface area contributed by atoms with Crippen LogP contribution in [0.15, 0.2) is 18.2 Å².